The molecule has 7 heteroatoms. The molecule has 3 aromatic carbocycles. The fraction of sp³-hybridized carbons (Fsp3) is 0.120. The lowest BCUT2D eigenvalue weighted by molar-refractivity contribution is -0.119. The summed E-state index contributed by atoms with van der Waals surface area (Å²) in [5, 5.41) is 7.70. The largest absolute Gasteiger partial charge is 0.451 e. The standard InChI is InChI=1S/C25H21N3O4/c1-16-12-13-17(2)21(14-16)26-22(29)15-32-25(31)23-19-10-6-7-11-20(19)24(30)28(27-23)18-8-4-3-5-9-18/h3-14H,15H2,1-2H3,(H,26,29). The van der Waals surface area contributed by atoms with Gasteiger partial charge < -0.3 is 10.1 Å². The molecule has 0 radical (unpaired) electrons. The van der Waals surface area contributed by atoms with Gasteiger partial charge in [-0.3, -0.25) is 9.59 Å². The Kier molecular flexibility index (Phi) is 5.81. The predicted molar refractivity (Wildman–Crippen MR) is 122 cm³/mol. The summed E-state index contributed by atoms with van der Waals surface area (Å²) in [5.41, 5.74) is 2.69. The monoisotopic (exact) mass is 427 g/mol. The molecule has 0 aliphatic rings. The van der Waals surface area contributed by atoms with E-state index >= 15 is 0 Å². The van der Waals surface area contributed by atoms with E-state index in [9.17, 15) is 14.4 Å². The molecule has 0 atom stereocenters. The quantitative estimate of drug-likeness (QED) is 0.489. The lowest BCUT2D eigenvalue weighted by atomic mass is 10.1. The summed E-state index contributed by atoms with van der Waals surface area (Å²) in [6.45, 7) is 3.32. The average Bonchev–Trinajstić information content (AvgIpc) is 2.81. The van der Waals surface area contributed by atoms with Crippen LogP contribution in [0.1, 0.15) is 21.6 Å². The molecule has 1 N–H and O–H groups in total. The van der Waals surface area contributed by atoms with E-state index in [4.69, 9.17) is 4.74 Å². The van der Waals surface area contributed by atoms with Gasteiger partial charge in [-0.25, -0.2) is 4.79 Å². The number of nitrogens with one attached hydrogen (secondary N) is 1. The van der Waals surface area contributed by atoms with E-state index in [0.29, 0.717) is 22.1 Å². The minimum Gasteiger partial charge on any atom is -0.451 e. The Morgan fingerprint density at radius 1 is 0.938 bits per heavy atom. The highest BCUT2D eigenvalue weighted by Gasteiger charge is 2.20. The second-order valence-electron chi connectivity index (χ2n) is 7.39. The molecule has 0 fully saturated rings. The summed E-state index contributed by atoms with van der Waals surface area (Å²) in [6.07, 6.45) is 0. The van der Waals surface area contributed by atoms with Crippen LogP contribution in [0, 0.1) is 13.8 Å². The van der Waals surface area contributed by atoms with E-state index in [0.717, 1.165) is 15.8 Å². The molecule has 32 heavy (non-hydrogen) atoms. The van der Waals surface area contributed by atoms with Crippen molar-refractivity contribution in [2.75, 3.05) is 11.9 Å². The van der Waals surface area contributed by atoms with Crippen molar-refractivity contribution in [2.24, 2.45) is 0 Å². The first-order valence-corrected chi connectivity index (χ1v) is 10.1. The number of amides is 1. The number of para-hydroxylation sites is 1. The van der Waals surface area contributed by atoms with Crippen molar-refractivity contribution < 1.29 is 14.3 Å². The number of fused-ring (bicyclic) bond motifs is 1. The van der Waals surface area contributed by atoms with Crippen molar-refractivity contribution >= 4 is 28.3 Å². The smallest absolute Gasteiger partial charge is 0.359 e. The van der Waals surface area contributed by atoms with Crippen molar-refractivity contribution in [2.45, 2.75) is 13.8 Å². The Morgan fingerprint density at radius 3 is 2.38 bits per heavy atom. The molecule has 4 aromatic rings. The van der Waals surface area contributed by atoms with Gasteiger partial charge in [0.2, 0.25) is 0 Å². The number of ether oxygens (including phenoxy) is 1. The fourth-order valence-electron chi connectivity index (χ4n) is 3.34. The third-order valence-electron chi connectivity index (χ3n) is 5.00. The third-order valence-corrected chi connectivity index (χ3v) is 5.00. The van der Waals surface area contributed by atoms with Crippen molar-refractivity contribution in [3.05, 3.63) is 100.0 Å². The number of rotatable bonds is 5. The molecule has 7 nitrogen and oxygen atoms in total. The Labute approximate surface area is 184 Å². The maximum Gasteiger partial charge on any atom is 0.359 e. The molecule has 0 spiro atoms. The van der Waals surface area contributed by atoms with Gasteiger partial charge in [0, 0.05) is 11.1 Å². The summed E-state index contributed by atoms with van der Waals surface area (Å²) < 4.78 is 6.40. The van der Waals surface area contributed by atoms with E-state index < -0.39 is 18.5 Å². The molecule has 1 aromatic heterocycles. The van der Waals surface area contributed by atoms with E-state index in [1.54, 1.807) is 48.5 Å². The van der Waals surface area contributed by atoms with Gasteiger partial charge >= 0.3 is 5.97 Å². The molecular formula is C25H21N3O4. The Bertz CT molecular complexity index is 1380. The molecule has 0 aliphatic carbocycles. The number of carbonyl (C=O) groups is 2. The highest BCUT2D eigenvalue weighted by molar-refractivity contribution is 6.03. The molecule has 0 bridgehead atoms. The normalized spacial score (nSPS) is 10.7. The van der Waals surface area contributed by atoms with Gasteiger partial charge in [-0.05, 0) is 49.2 Å². The molecule has 1 amide bonds. The second-order valence-corrected chi connectivity index (χ2v) is 7.39. The molecule has 4 rings (SSSR count). The van der Waals surface area contributed by atoms with Crippen LogP contribution in [0.2, 0.25) is 0 Å². The first kappa shape index (κ1) is 21.0. The van der Waals surface area contributed by atoms with E-state index in [-0.39, 0.29) is 11.3 Å². The number of esters is 1. The molecule has 0 saturated carbocycles. The van der Waals surface area contributed by atoms with Gasteiger partial charge in [0.05, 0.1) is 11.1 Å². The molecule has 0 saturated heterocycles. The van der Waals surface area contributed by atoms with Crippen LogP contribution < -0.4 is 10.9 Å². The number of benzene rings is 3. The Balaban J connectivity index is 1.61. The highest BCUT2D eigenvalue weighted by Crippen LogP contribution is 2.18. The lowest BCUT2D eigenvalue weighted by Gasteiger charge is -2.12. The fourth-order valence-corrected chi connectivity index (χ4v) is 3.34. The van der Waals surface area contributed by atoms with Gasteiger partial charge in [0.25, 0.3) is 11.5 Å². The summed E-state index contributed by atoms with van der Waals surface area (Å²) in [7, 11) is 0. The van der Waals surface area contributed by atoms with Crippen LogP contribution in [0.5, 0.6) is 0 Å². The number of nitrogens with zero attached hydrogens (tertiary/aromatic N) is 2. The number of aryl methyl sites for hydroxylation is 2. The van der Waals surface area contributed by atoms with Gasteiger partial charge in [-0.15, -0.1) is 0 Å². The summed E-state index contributed by atoms with van der Waals surface area (Å²) >= 11 is 0. The van der Waals surface area contributed by atoms with Crippen LogP contribution in [0.4, 0.5) is 5.69 Å². The zero-order valence-corrected chi connectivity index (χ0v) is 17.7. The number of carbonyl (C=O) groups excluding carboxylic acids is 2. The van der Waals surface area contributed by atoms with Gasteiger partial charge in [-0.1, -0.05) is 48.5 Å². The van der Waals surface area contributed by atoms with Crippen LogP contribution >= 0.6 is 0 Å². The zero-order chi connectivity index (χ0) is 22.7. The Morgan fingerprint density at radius 2 is 1.62 bits per heavy atom. The highest BCUT2D eigenvalue weighted by atomic mass is 16.5. The molecule has 0 unspecified atom stereocenters. The van der Waals surface area contributed by atoms with E-state index in [2.05, 4.69) is 10.4 Å². The first-order chi connectivity index (χ1) is 15.4. The number of hydrogen-bond donors (Lipinski definition) is 1. The van der Waals surface area contributed by atoms with Crippen molar-refractivity contribution in [3.63, 3.8) is 0 Å². The zero-order valence-electron chi connectivity index (χ0n) is 17.7. The van der Waals surface area contributed by atoms with Crippen LogP contribution in [0.25, 0.3) is 16.5 Å². The summed E-state index contributed by atoms with van der Waals surface area (Å²) in [6, 6.07) is 21.2. The average molecular weight is 427 g/mol. The van der Waals surface area contributed by atoms with Gasteiger partial charge in [-0.2, -0.15) is 9.78 Å². The molecular weight excluding hydrogens is 406 g/mol. The third kappa shape index (κ3) is 4.27. The van der Waals surface area contributed by atoms with Crippen LogP contribution in [0.15, 0.2) is 77.6 Å². The molecule has 0 aliphatic heterocycles. The maximum atomic E-state index is 12.9. The minimum absolute atomic E-state index is 0.0383. The summed E-state index contributed by atoms with van der Waals surface area (Å²) in [4.78, 5) is 38.1. The van der Waals surface area contributed by atoms with Crippen molar-refractivity contribution in [1.29, 1.82) is 0 Å². The van der Waals surface area contributed by atoms with E-state index in [1.807, 2.05) is 38.1 Å². The van der Waals surface area contributed by atoms with Crippen LogP contribution in [-0.2, 0) is 9.53 Å². The van der Waals surface area contributed by atoms with Gasteiger partial charge in [0.1, 0.15) is 0 Å². The minimum atomic E-state index is -0.790. The lowest BCUT2D eigenvalue weighted by Crippen LogP contribution is -2.26. The van der Waals surface area contributed by atoms with Crippen LogP contribution in [0.3, 0.4) is 0 Å². The van der Waals surface area contributed by atoms with Crippen molar-refractivity contribution in [3.8, 4) is 5.69 Å². The summed E-state index contributed by atoms with van der Waals surface area (Å²) in [5.74, 6) is -1.25. The topological polar surface area (TPSA) is 90.3 Å². The number of aromatic nitrogens is 2. The molecule has 160 valence electrons. The van der Waals surface area contributed by atoms with E-state index in [1.165, 1.54) is 0 Å². The maximum absolute atomic E-state index is 12.9. The SMILES string of the molecule is Cc1ccc(C)c(NC(=O)COC(=O)c2nn(-c3ccccc3)c(=O)c3ccccc23)c1. The van der Waals surface area contributed by atoms with Crippen molar-refractivity contribution in [1.82, 2.24) is 9.78 Å². The van der Waals surface area contributed by atoms with Crippen LogP contribution in [-0.4, -0.2) is 28.3 Å². The first-order valence-electron chi connectivity index (χ1n) is 10.1. The number of hydrogen-bond acceptors (Lipinski definition) is 5. The Hall–Kier alpha value is -4.26. The van der Waals surface area contributed by atoms with Gasteiger partial charge in [0.15, 0.2) is 12.3 Å². The number of anilines is 1. The molecule has 1 heterocycles. The second kappa shape index (κ2) is 8.85. The predicted octanol–water partition coefficient (Wildman–Crippen LogP) is 3.80.